The van der Waals surface area contributed by atoms with Gasteiger partial charge < -0.3 is 4.74 Å². The number of ether oxygens (including phenoxy) is 1. The van der Waals surface area contributed by atoms with Crippen LogP contribution in [0.25, 0.3) is 0 Å². The molecule has 0 fully saturated rings. The van der Waals surface area contributed by atoms with E-state index in [1.54, 1.807) is 24.3 Å². The molecule has 0 aliphatic carbocycles. The number of carbonyl (C=O) groups excluding carboxylic acids is 1. The topological polar surface area (TPSA) is 50.1 Å². The van der Waals surface area contributed by atoms with Gasteiger partial charge in [0.2, 0.25) is 0 Å². The molecule has 19 heavy (non-hydrogen) atoms. The lowest BCUT2D eigenvalue weighted by Crippen LogP contribution is -2.11. The summed E-state index contributed by atoms with van der Waals surface area (Å²) >= 11 is 0. The Morgan fingerprint density at radius 1 is 1.05 bits per heavy atom. The van der Waals surface area contributed by atoms with Crippen LogP contribution in [0.2, 0.25) is 0 Å². The minimum absolute atomic E-state index is 0.141. The van der Waals surface area contributed by atoms with Gasteiger partial charge in [-0.05, 0) is 17.7 Å². The van der Waals surface area contributed by atoms with Gasteiger partial charge in [-0.15, -0.1) is 0 Å². The van der Waals surface area contributed by atoms with E-state index in [1.165, 1.54) is 0 Å². The molecule has 0 aromatic heterocycles. The third-order valence-corrected chi connectivity index (χ3v) is 2.71. The van der Waals surface area contributed by atoms with Crippen molar-refractivity contribution >= 4 is 5.97 Å². The standard InChI is InChI=1S/C16H13NO2/c17-12-11-15(13-7-3-1-4-8-13)19-16(18)14-9-5-2-6-10-14/h1-10,15H,11H2. The van der Waals surface area contributed by atoms with E-state index in [2.05, 4.69) is 0 Å². The molecule has 0 aliphatic heterocycles. The number of hydrogen-bond acceptors (Lipinski definition) is 3. The van der Waals surface area contributed by atoms with Crippen LogP contribution in [0.1, 0.15) is 28.4 Å². The van der Waals surface area contributed by atoms with Gasteiger partial charge in [0.15, 0.2) is 0 Å². The highest BCUT2D eigenvalue weighted by molar-refractivity contribution is 5.89. The van der Waals surface area contributed by atoms with E-state index in [-0.39, 0.29) is 6.42 Å². The van der Waals surface area contributed by atoms with Crippen LogP contribution in [0, 0.1) is 11.3 Å². The van der Waals surface area contributed by atoms with Crippen molar-refractivity contribution in [1.29, 1.82) is 5.26 Å². The van der Waals surface area contributed by atoms with Gasteiger partial charge in [-0.2, -0.15) is 5.26 Å². The highest BCUT2D eigenvalue weighted by Gasteiger charge is 2.17. The summed E-state index contributed by atoms with van der Waals surface area (Å²) in [4.78, 5) is 12.0. The van der Waals surface area contributed by atoms with E-state index in [1.807, 2.05) is 42.5 Å². The smallest absolute Gasteiger partial charge is 0.338 e. The van der Waals surface area contributed by atoms with Crippen LogP contribution in [0.4, 0.5) is 0 Å². The Labute approximate surface area is 112 Å². The Kier molecular flexibility index (Phi) is 4.30. The minimum Gasteiger partial charge on any atom is -0.453 e. The van der Waals surface area contributed by atoms with E-state index in [4.69, 9.17) is 10.00 Å². The number of rotatable bonds is 4. The van der Waals surface area contributed by atoms with Crippen LogP contribution < -0.4 is 0 Å². The summed E-state index contributed by atoms with van der Waals surface area (Å²) in [6, 6.07) is 20.1. The van der Waals surface area contributed by atoms with Crippen molar-refractivity contribution in [3.05, 3.63) is 71.8 Å². The monoisotopic (exact) mass is 251 g/mol. The molecule has 0 radical (unpaired) electrons. The van der Waals surface area contributed by atoms with E-state index in [0.29, 0.717) is 5.56 Å². The largest absolute Gasteiger partial charge is 0.453 e. The van der Waals surface area contributed by atoms with Crippen molar-refractivity contribution in [3.63, 3.8) is 0 Å². The molecule has 1 unspecified atom stereocenters. The van der Waals surface area contributed by atoms with Crippen molar-refractivity contribution in [2.24, 2.45) is 0 Å². The molecule has 3 nitrogen and oxygen atoms in total. The molecule has 0 bridgehead atoms. The maximum Gasteiger partial charge on any atom is 0.338 e. The van der Waals surface area contributed by atoms with Crippen LogP contribution in [0.15, 0.2) is 60.7 Å². The Hall–Kier alpha value is -2.60. The summed E-state index contributed by atoms with van der Waals surface area (Å²) in [6.07, 6.45) is -0.387. The second kappa shape index (κ2) is 6.36. The quantitative estimate of drug-likeness (QED) is 0.781. The molecule has 0 N–H and O–H groups in total. The fraction of sp³-hybridized carbons (Fsp3) is 0.125. The average Bonchev–Trinajstić information content (AvgIpc) is 2.48. The van der Waals surface area contributed by atoms with Crippen molar-refractivity contribution in [1.82, 2.24) is 0 Å². The van der Waals surface area contributed by atoms with Crippen molar-refractivity contribution in [2.75, 3.05) is 0 Å². The van der Waals surface area contributed by atoms with E-state index in [0.717, 1.165) is 5.56 Å². The maximum absolute atomic E-state index is 12.0. The van der Waals surface area contributed by atoms with E-state index < -0.39 is 12.1 Å². The number of esters is 1. The predicted molar refractivity (Wildman–Crippen MR) is 71.3 cm³/mol. The summed E-state index contributed by atoms with van der Waals surface area (Å²) in [5.41, 5.74) is 1.31. The second-order valence-corrected chi connectivity index (χ2v) is 4.03. The first-order valence-electron chi connectivity index (χ1n) is 5.99. The van der Waals surface area contributed by atoms with Gasteiger partial charge in [-0.1, -0.05) is 48.5 Å². The molecule has 94 valence electrons. The van der Waals surface area contributed by atoms with E-state index in [9.17, 15) is 4.79 Å². The molecule has 2 aromatic carbocycles. The van der Waals surface area contributed by atoms with E-state index >= 15 is 0 Å². The number of nitrogens with zero attached hydrogens (tertiary/aromatic N) is 1. The second-order valence-electron chi connectivity index (χ2n) is 4.03. The van der Waals surface area contributed by atoms with Gasteiger partial charge in [0.05, 0.1) is 18.1 Å². The lowest BCUT2D eigenvalue weighted by atomic mass is 10.1. The predicted octanol–water partition coefficient (Wildman–Crippen LogP) is 3.50. The first-order chi connectivity index (χ1) is 9.31. The summed E-state index contributed by atoms with van der Waals surface area (Å²) in [5.74, 6) is -0.412. The SMILES string of the molecule is N#CCC(OC(=O)c1ccccc1)c1ccccc1. The van der Waals surface area contributed by atoms with Gasteiger partial charge in [0, 0.05) is 0 Å². The number of hydrogen-bond donors (Lipinski definition) is 0. The normalized spacial score (nSPS) is 11.3. The number of benzene rings is 2. The molecule has 0 aliphatic rings. The summed E-state index contributed by atoms with van der Waals surface area (Å²) in [6.45, 7) is 0. The van der Waals surface area contributed by atoms with Crippen LogP contribution in [-0.2, 0) is 4.74 Å². The zero-order chi connectivity index (χ0) is 13.5. The summed E-state index contributed by atoms with van der Waals surface area (Å²) < 4.78 is 5.40. The Balaban J connectivity index is 2.14. The first-order valence-corrected chi connectivity index (χ1v) is 5.99. The third kappa shape index (κ3) is 3.43. The molecule has 0 heterocycles. The molecule has 0 saturated heterocycles. The highest BCUT2D eigenvalue weighted by atomic mass is 16.5. The van der Waals surface area contributed by atoms with Gasteiger partial charge >= 0.3 is 5.97 Å². The van der Waals surface area contributed by atoms with Crippen molar-refractivity contribution in [3.8, 4) is 6.07 Å². The van der Waals surface area contributed by atoms with Gasteiger partial charge in [-0.25, -0.2) is 4.79 Å². The van der Waals surface area contributed by atoms with Crippen LogP contribution in [-0.4, -0.2) is 5.97 Å². The molecule has 0 amide bonds. The first kappa shape index (κ1) is 12.8. The lowest BCUT2D eigenvalue weighted by Gasteiger charge is -2.15. The zero-order valence-electron chi connectivity index (χ0n) is 10.3. The average molecular weight is 251 g/mol. The Bertz CT molecular complexity index is 573. The summed E-state index contributed by atoms with van der Waals surface area (Å²) in [7, 11) is 0. The molecular formula is C16H13NO2. The number of carbonyl (C=O) groups is 1. The van der Waals surface area contributed by atoms with Crippen molar-refractivity contribution in [2.45, 2.75) is 12.5 Å². The Morgan fingerprint density at radius 2 is 1.63 bits per heavy atom. The molecular weight excluding hydrogens is 238 g/mol. The molecule has 3 heteroatoms. The summed E-state index contributed by atoms with van der Waals surface area (Å²) in [5, 5.41) is 8.84. The molecule has 0 saturated carbocycles. The van der Waals surface area contributed by atoms with Gasteiger partial charge in [0.25, 0.3) is 0 Å². The highest BCUT2D eigenvalue weighted by Crippen LogP contribution is 2.22. The van der Waals surface area contributed by atoms with Gasteiger partial charge in [-0.3, -0.25) is 0 Å². The zero-order valence-corrected chi connectivity index (χ0v) is 10.3. The molecule has 0 spiro atoms. The molecule has 2 aromatic rings. The molecule has 2 rings (SSSR count). The van der Waals surface area contributed by atoms with Crippen LogP contribution in [0.5, 0.6) is 0 Å². The fourth-order valence-electron chi connectivity index (χ4n) is 1.75. The maximum atomic E-state index is 12.0. The lowest BCUT2D eigenvalue weighted by molar-refractivity contribution is 0.0307. The van der Waals surface area contributed by atoms with Crippen LogP contribution in [0.3, 0.4) is 0 Å². The van der Waals surface area contributed by atoms with Crippen molar-refractivity contribution < 1.29 is 9.53 Å². The third-order valence-electron chi connectivity index (χ3n) is 2.71. The van der Waals surface area contributed by atoms with Gasteiger partial charge in [0.1, 0.15) is 6.10 Å². The fourth-order valence-corrected chi connectivity index (χ4v) is 1.75. The number of nitriles is 1. The van der Waals surface area contributed by atoms with Crippen LogP contribution >= 0.6 is 0 Å². The minimum atomic E-state index is -0.529. The molecule has 1 atom stereocenters. The Morgan fingerprint density at radius 3 is 2.21 bits per heavy atom.